The van der Waals surface area contributed by atoms with Crippen LogP contribution in [0.4, 0.5) is 30.2 Å². The second-order valence-corrected chi connectivity index (χ2v) is 8.11. The van der Waals surface area contributed by atoms with E-state index in [2.05, 4.69) is 10.6 Å². The third-order valence-electron chi connectivity index (χ3n) is 4.98. The number of para-hydroxylation sites is 1. The van der Waals surface area contributed by atoms with Crippen LogP contribution in [0.5, 0.6) is 0 Å². The van der Waals surface area contributed by atoms with Gasteiger partial charge in [0.2, 0.25) is 0 Å². The van der Waals surface area contributed by atoms with Crippen LogP contribution in [0.3, 0.4) is 0 Å². The highest BCUT2D eigenvalue weighted by atomic mass is 35.5. The zero-order chi connectivity index (χ0) is 25.3. The molecule has 2 N–H and O–H groups in total. The minimum absolute atomic E-state index is 0.0527. The van der Waals surface area contributed by atoms with Gasteiger partial charge in [0.15, 0.2) is 0 Å². The van der Waals surface area contributed by atoms with Crippen LogP contribution in [0.25, 0.3) is 0 Å². The molecule has 0 unspecified atom stereocenters. The molecule has 0 atom stereocenters. The molecule has 0 aromatic heterocycles. The van der Waals surface area contributed by atoms with Crippen molar-refractivity contribution in [2.45, 2.75) is 6.18 Å². The summed E-state index contributed by atoms with van der Waals surface area (Å²) < 4.78 is 39.0. The van der Waals surface area contributed by atoms with Crippen molar-refractivity contribution in [2.75, 3.05) is 15.5 Å². The number of hydrogen-bond donors (Lipinski definition) is 2. The van der Waals surface area contributed by atoms with E-state index in [9.17, 15) is 27.6 Å². The highest BCUT2D eigenvalue weighted by Crippen LogP contribution is 2.34. The molecule has 3 aromatic rings. The molecule has 3 amide bonds. The second kappa shape index (κ2) is 9.44. The van der Waals surface area contributed by atoms with E-state index in [1.54, 1.807) is 30.3 Å². The molecule has 11 heteroatoms. The third kappa shape index (κ3) is 5.01. The van der Waals surface area contributed by atoms with Gasteiger partial charge >= 0.3 is 6.18 Å². The fourth-order valence-electron chi connectivity index (χ4n) is 3.30. The van der Waals surface area contributed by atoms with Gasteiger partial charge in [-0.25, -0.2) is 4.90 Å². The number of rotatable bonds is 5. The number of carbonyl (C=O) groups is 3. The smallest absolute Gasteiger partial charge is 0.350 e. The molecule has 1 aliphatic heterocycles. The molecule has 0 saturated carbocycles. The summed E-state index contributed by atoms with van der Waals surface area (Å²) in [6.07, 6.45) is -4.61. The monoisotopic (exact) mass is 519 g/mol. The minimum Gasteiger partial charge on any atom is -0.350 e. The van der Waals surface area contributed by atoms with E-state index < -0.39 is 29.5 Å². The lowest BCUT2D eigenvalue weighted by molar-refractivity contribution is -0.137. The van der Waals surface area contributed by atoms with Crippen molar-refractivity contribution in [2.24, 2.45) is 0 Å². The van der Waals surface area contributed by atoms with E-state index in [4.69, 9.17) is 23.2 Å². The van der Waals surface area contributed by atoms with Crippen LogP contribution in [-0.2, 0) is 15.8 Å². The van der Waals surface area contributed by atoms with Crippen LogP contribution < -0.4 is 15.5 Å². The van der Waals surface area contributed by atoms with Crippen molar-refractivity contribution in [3.8, 4) is 0 Å². The van der Waals surface area contributed by atoms with Gasteiger partial charge < -0.3 is 10.6 Å². The summed E-state index contributed by atoms with van der Waals surface area (Å²) in [4.78, 5) is 39.0. The Morgan fingerprint density at radius 2 is 1.57 bits per heavy atom. The standard InChI is InChI=1S/C24H14Cl2F3N3O3/c25-17-10-9-14(24(27,28)29)12-18(17)31-21(33)13-5-4-6-15(11-13)30-20-19(26)22(34)32(23(20)35)16-7-2-1-3-8-16/h1-12,30H,(H,31,33). The number of anilines is 3. The highest BCUT2D eigenvalue weighted by molar-refractivity contribution is 6.53. The Morgan fingerprint density at radius 3 is 2.26 bits per heavy atom. The van der Waals surface area contributed by atoms with Crippen LogP contribution in [0.1, 0.15) is 15.9 Å². The predicted molar refractivity (Wildman–Crippen MR) is 126 cm³/mol. The van der Waals surface area contributed by atoms with Gasteiger partial charge in [0.25, 0.3) is 17.7 Å². The first-order valence-electron chi connectivity index (χ1n) is 9.95. The van der Waals surface area contributed by atoms with E-state index in [1.165, 1.54) is 24.3 Å². The van der Waals surface area contributed by atoms with Gasteiger partial charge in [0.1, 0.15) is 10.7 Å². The van der Waals surface area contributed by atoms with Crippen LogP contribution >= 0.6 is 23.2 Å². The van der Waals surface area contributed by atoms with E-state index in [-0.39, 0.29) is 32.7 Å². The summed E-state index contributed by atoms with van der Waals surface area (Å²) in [5.74, 6) is -2.13. The molecule has 0 aliphatic carbocycles. The maximum absolute atomic E-state index is 13.0. The molecule has 0 radical (unpaired) electrons. The largest absolute Gasteiger partial charge is 0.416 e. The Hall–Kier alpha value is -3.82. The Balaban J connectivity index is 1.55. The van der Waals surface area contributed by atoms with Crippen LogP contribution in [0.15, 0.2) is 83.5 Å². The summed E-state index contributed by atoms with van der Waals surface area (Å²) in [5.41, 5.74) is -0.733. The zero-order valence-corrected chi connectivity index (χ0v) is 19.0. The van der Waals surface area contributed by atoms with E-state index >= 15 is 0 Å². The Bertz CT molecular complexity index is 1380. The molecule has 1 heterocycles. The summed E-state index contributed by atoms with van der Waals surface area (Å²) >= 11 is 12.1. The van der Waals surface area contributed by atoms with Gasteiger partial charge in [-0.05, 0) is 48.5 Å². The number of alkyl halides is 3. The number of carbonyl (C=O) groups excluding carboxylic acids is 3. The number of benzene rings is 3. The molecule has 35 heavy (non-hydrogen) atoms. The molecule has 0 saturated heterocycles. The molecular formula is C24H14Cl2F3N3O3. The summed E-state index contributed by atoms with van der Waals surface area (Å²) in [6, 6.07) is 16.5. The molecule has 3 aromatic carbocycles. The maximum atomic E-state index is 13.0. The molecule has 1 aliphatic rings. The maximum Gasteiger partial charge on any atom is 0.416 e. The fraction of sp³-hybridized carbons (Fsp3) is 0.0417. The quantitative estimate of drug-likeness (QED) is 0.402. The Labute approximate surface area is 206 Å². The van der Waals surface area contributed by atoms with Gasteiger partial charge in [-0.3, -0.25) is 14.4 Å². The number of halogens is 5. The van der Waals surface area contributed by atoms with Gasteiger partial charge in [-0.1, -0.05) is 47.5 Å². The summed E-state index contributed by atoms with van der Waals surface area (Å²) in [5, 5.41) is 4.69. The first kappa shape index (κ1) is 24.3. The molecule has 0 spiro atoms. The SMILES string of the molecule is O=C(Nc1cc(C(F)(F)F)ccc1Cl)c1cccc(NC2=C(Cl)C(=O)N(c3ccccc3)C2=O)c1. The van der Waals surface area contributed by atoms with Crippen LogP contribution in [0, 0.1) is 0 Å². The third-order valence-corrected chi connectivity index (χ3v) is 5.66. The minimum atomic E-state index is -4.61. The van der Waals surface area contributed by atoms with Crippen molar-refractivity contribution >= 4 is 58.0 Å². The van der Waals surface area contributed by atoms with Crippen molar-refractivity contribution < 1.29 is 27.6 Å². The number of amides is 3. The Kier molecular flexibility index (Phi) is 6.56. The summed E-state index contributed by atoms with van der Waals surface area (Å²) in [7, 11) is 0. The topological polar surface area (TPSA) is 78.5 Å². The van der Waals surface area contributed by atoms with Crippen molar-refractivity contribution in [1.82, 2.24) is 0 Å². The number of hydrogen-bond acceptors (Lipinski definition) is 4. The first-order valence-corrected chi connectivity index (χ1v) is 10.7. The average molecular weight is 520 g/mol. The first-order chi connectivity index (χ1) is 16.6. The van der Waals surface area contributed by atoms with Gasteiger partial charge in [-0.2, -0.15) is 13.2 Å². The van der Waals surface area contributed by atoms with Gasteiger partial charge in [-0.15, -0.1) is 0 Å². The molecule has 0 bridgehead atoms. The van der Waals surface area contributed by atoms with E-state index in [0.717, 1.165) is 23.1 Å². The number of nitrogens with one attached hydrogen (secondary N) is 2. The van der Waals surface area contributed by atoms with E-state index in [0.29, 0.717) is 5.69 Å². The number of nitrogens with zero attached hydrogens (tertiary/aromatic N) is 1. The lowest BCUT2D eigenvalue weighted by atomic mass is 10.1. The van der Waals surface area contributed by atoms with Gasteiger partial charge in [0, 0.05) is 11.3 Å². The molecule has 4 rings (SSSR count). The average Bonchev–Trinajstić information content (AvgIpc) is 3.03. The predicted octanol–water partition coefficient (Wildman–Crippen LogP) is 6.05. The lowest BCUT2D eigenvalue weighted by Crippen LogP contribution is -2.32. The molecular weight excluding hydrogens is 506 g/mol. The Morgan fingerprint density at radius 1 is 0.857 bits per heavy atom. The highest BCUT2D eigenvalue weighted by Gasteiger charge is 2.39. The van der Waals surface area contributed by atoms with Crippen LogP contribution in [-0.4, -0.2) is 17.7 Å². The fourth-order valence-corrected chi connectivity index (χ4v) is 3.67. The second-order valence-electron chi connectivity index (χ2n) is 7.32. The van der Waals surface area contributed by atoms with Crippen molar-refractivity contribution in [3.05, 3.63) is 99.7 Å². The van der Waals surface area contributed by atoms with Gasteiger partial charge in [0.05, 0.1) is 22.0 Å². The zero-order valence-electron chi connectivity index (χ0n) is 17.5. The molecule has 178 valence electrons. The lowest BCUT2D eigenvalue weighted by Gasteiger charge is -2.15. The van der Waals surface area contributed by atoms with Crippen molar-refractivity contribution in [3.63, 3.8) is 0 Å². The molecule has 0 fully saturated rings. The van der Waals surface area contributed by atoms with E-state index in [1.807, 2.05) is 0 Å². The number of imide groups is 1. The van der Waals surface area contributed by atoms with Crippen LogP contribution in [0.2, 0.25) is 5.02 Å². The summed E-state index contributed by atoms with van der Waals surface area (Å²) in [6.45, 7) is 0. The normalized spacial score (nSPS) is 13.9. The van der Waals surface area contributed by atoms with Crippen molar-refractivity contribution in [1.29, 1.82) is 0 Å². The molecule has 6 nitrogen and oxygen atoms in total.